The number of hydrogen-bond donors (Lipinski definition) is 0. The van der Waals surface area contributed by atoms with Gasteiger partial charge >= 0.3 is 0 Å². The third-order valence-corrected chi connectivity index (χ3v) is 5.81. The fourth-order valence-corrected chi connectivity index (χ4v) is 4.43. The van der Waals surface area contributed by atoms with Crippen LogP contribution < -0.4 is 10.5 Å². The van der Waals surface area contributed by atoms with Crippen molar-refractivity contribution in [1.82, 2.24) is 9.55 Å². The van der Waals surface area contributed by atoms with Gasteiger partial charge in [0, 0.05) is 29.2 Å². The fourth-order valence-electron chi connectivity index (χ4n) is 4.05. The number of amides is 1. The van der Waals surface area contributed by atoms with E-state index in [0.717, 1.165) is 15.7 Å². The van der Waals surface area contributed by atoms with Crippen LogP contribution in [0.3, 0.4) is 0 Å². The molecule has 5 nitrogen and oxygen atoms in total. The molecular weight excluding hydrogens is 418 g/mol. The van der Waals surface area contributed by atoms with E-state index in [0.29, 0.717) is 29.7 Å². The summed E-state index contributed by atoms with van der Waals surface area (Å²) in [5.41, 5.74) is 2.55. The smallest absolute Gasteiger partial charge is 0.261 e. The van der Waals surface area contributed by atoms with Gasteiger partial charge in [-0.15, -0.1) is 0 Å². The van der Waals surface area contributed by atoms with Crippen LogP contribution in [0.2, 0.25) is 0 Å². The van der Waals surface area contributed by atoms with Gasteiger partial charge in [0.1, 0.15) is 5.82 Å². The molecule has 1 amide bonds. The highest BCUT2D eigenvalue weighted by Gasteiger charge is 2.39. The van der Waals surface area contributed by atoms with Gasteiger partial charge in [-0.3, -0.25) is 14.2 Å². The number of nitrogens with zero attached hydrogens (tertiary/aromatic N) is 3. The number of aromatic nitrogens is 2. The topological polar surface area (TPSA) is 55.2 Å². The van der Waals surface area contributed by atoms with Gasteiger partial charge < -0.3 is 4.90 Å². The highest BCUT2D eigenvalue weighted by molar-refractivity contribution is 9.10. The van der Waals surface area contributed by atoms with E-state index in [2.05, 4.69) is 15.9 Å². The van der Waals surface area contributed by atoms with Crippen LogP contribution in [0.1, 0.15) is 38.1 Å². The predicted molar refractivity (Wildman–Crippen MR) is 115 cm³/mol. The van der Waals surface area contributed by atoms with E-state index in [-0.39, 0.29) is 23.4 Å². The Hall–Kier alpha value is -2.47. The number of benzene rings is 2. The van der Waals surface area contributed by atoms with Crippen LogP contribution in [-0.4, -0.2) is 21.5 Å². The zero-order chi connectivity index (χ0) is 20.0. The number of anilines is 1. The summed E-state index contributed by atoms with van der Waals surface area (Å²) in [5, 5.41) is 0.609. The monoisotopic (exact) mass is 439 g/mol. The first-order chi connectivity index (χ1) is 13.4. The molecule has 0 saturated heterocycles. The number of rotatable bonds is 4. The Morgan fingerprint density at radius 2 is 1.89 bits per heavy atom. The summed E-state index contributed by atoms with van der Waals surface area (Å²) in [7, 11) is 0. The third kappa shape index (κ3) is 2.96. The zero-order valence-electron chi connectivity index (χ0n) is 16.1. The lowest BCUT2D eigenvalue weighted by atomic mass is 9.96. The lowest BCUT2D eigenvalue weighted by molar-refractivity contribution is -0.119. The van der Waals surface area contributed by atoms with Crippen molar-refractivity contribution in [3.8, 4) is 0 Å². The van der Waals surface area contributed by atoms with Gasteiger partial charge in [-0.2, -0.15) is 0 Å². The average molecular weight is 440 g/mol. The van der Waals surface area contributed by atoms with Gasteiger partial charge in [-0.05, 0) is 56.7 Å². The maximum absolute atomic E-state index is 13.3. The van der Waals surface area contributed by atoms with Gasteiger partial charge in [-0.1, -0.05) is 28.1 Å². The first kappa shape index (κ1) is 18.9. The molecule has 4 rings (SSSR count). The normalized spacial score (nSPS) is 16.2. The lowest BCUT2D eigenvalue weighted by Crippen LogP contribution is -2.36. The maximum atomic E-state index is 13.3. The minimum absolute atomic E-state index is 0.0521. The second-order valence-corrected chi connectivity index (χ2v) is 8.27. The van der Waals surface area contributed by atoms with E-state index in [1.165, 1.54) is 0 Å². The third-order valence-electron chi connectivity index (χ3n) is 5.32. The molecule has 0 unspecified atom stereocenters. The molecule has 2 aromatic carbocycles. The van der Waals surface area contributed by atoms with E-state index in [4.69, 9.17) is 4.98 Å². The molecule has 0 saturated carbocycles. The molecule has 144 valence electrons. The molecule has 0 N–H and O–H groups in total. The number of hydrogen-bond acceptors (Lipinski definition) is 3. The summed E-state index contributed by atoms with van der Waals surface area (Å²) < 4.78 is 2.62. The van der Waals surface area contributed by atoms with Crippen molar-refractivity contribution in [1.29, 1.82) is 0 Å². The van der Waals surface area contributed by atoms with Crippen LogP contribution in [0.15, 0.2) is 51.7 Å². The SMILES string of the molecule is CCn1c(C[C@H]2C(=O)N(C(C)C)c3ccc(Br)cc32)nc2ccccc2c1=O. The first-order valence-corrected chi connectivity index (χ1v) is 10.3. The quantitative estimate of drug-likeness (QED) is 0.609. The van der Waals surface area contributed by atoms with Gasteiger partial charge in [0.25, 0.3) is 5.56 Å². The van der Waals surface area contributed by atoms with E-state index in [1.807, 2.05) is 62.1 Å². The van der Waals surface area contributed by atoms with Crippen LogP contribution in [0.4, 0.5) is 5.69 Å². The number of carbonyl (C=O) groups excluding carboxylic acids is 1. The summed E-state index contributed by atoms with van der Waals surface area (Å²) in [6, 6.07) is 13.4. The Balaban J connectivity index is 1.85. The molecule has 1 aromatic heterocycles. The molecule has 28 heavy (non-hydrogen) atoms. The summed E-state index contributed by atoms with van der Waals surface area (Å²) in [5.74, 6) is 0.370. The number of fused-ring (bicyclic) bond motifs is 2. The molecule has 0 fully saturated rings. The number of halogens is 1. The minimum atomic E-state index is -0.347. The van der Waals surface area contributed by atoms with Crippen molar-refractivity contribution in [2.75, 3.05) is 4.90 Å². The van der Waals surface area contributed by atoms with Crippen molar-refractivity contribution >= 4 is 38.4 Å². The molecule has 3 aromatic rings. The van der Waals surface area contributed by atoms with E-state index in [1.54, 1.807) is 10.6 Å². The van der Waals surface area contributed by atoms with Crippen molar-refractivity contribution in [2.45, 2.75) is 45.7 Å². The van der Waals surface area contributed by atoms with Crippen LogP contribution in [0.5, 0.6) is 0 Å². The van der Waals surface area contributed by atoms with Crippen molar-refractivity contribution in [2.24, 2.45) is 0 Å². The molecule has 0 radical (unpaired) electrons. The van der Waals surface area contributed by atoms with Crippen molar-refractivity contribution < 1.29 is 4.79 Å². The van der Waals surface area contributed by atoms with Gasteiger partial charge in [0.2, 0.25) is 5.91 Å². The highest BCUT2D eigenvalue weighted by Crippen LogP contribution is 2.41. The standard InChI is InChI=1S/C22H22BrN3O2/c1-4-25-20(24-18-8-6-5-7-15(18)21(25)27)12-17-16-11-14(23)9-10-19(16)26(13(2)3)22(17)28/h5-11,13,17H,4,12H2,1-3H3/t17-/m1/s1. The van der Waals surface area contributed by atoms with E-state index in [9.17, 15) is 9.59 Å². The highest BCUT2D eigenvalue weighted by atomic mass is 79.9. The first-order valence-electron chi connectivity index (χ1n) is 9.53. The van der Waals surface area contributed by atoms with Gasteiger partial charge in [0.15, 0.2) is 0 Å². The summed E-state index contributed by atoms with van der Waals surface area (Å²) in [4.78, 5) is 32.8. The maximum Gasteiger partial charge on any atom is 0.261 e. The van der Waals surface area contributed by atoms with Gasteiger partial charge in [-0.25, -0.2) is 4.98 Å². The van der Waals surface area contributed by atoms with Crippen molar-refractivity contribution in [3.63, 3.8) is 0 Å². The summed E-state index contributed by atoms with van der Waals surface area (Å²) in [6.45, 7) is 6.49. The number of para-hydroxylation sites is 1. The van der Waals surface area contributed by atoms with Crippen LogP contribution in [-0.2, 0) is 17.8 Å². The summed E-state index contributed by atoms with van der Waals surface area (Å²) in [6.07, 6.45) is 0.402. The van der Waals surface area contributed by atoms with Crippen LogP contribution in [0.25, 0.3) is 10.9 Å². The molecule has 1 aliphatic rings. The van der Waals surface area contributed by atoms with Crippen LogP contribution >= 0.6 is 15.9 Å². The molecule has 6 heteroatoms. The van der Waals surface area contributed by atoms with Crippen LogP contribution in [0, 0.1) is 0 Å². The Morgan fingerprint density at radius 1 is 1.14 bits per heavy atom. The molecule has 1 atom stereocenters. The zero-order valence-corrected chi connectivity index (χ0v) is 17.7. The Labute approximate surface area is 172 Å². The second-order valence-electron chi connectivity index (χ2n) is 7.36. The lowest BCUT2D eigenvalue weighted by Gasteiger charge is -2.22. The molecule has 0 spiro atoms. The average Bonchev–Trinajstić information content (AvgIpc) is 2.93. The van der Waals surface area contributed by atoms with E-state index < -0.39 is 0 Å². The summed E-state index contributed by atoms with van der Waals surface area (Å²) >= 11 is 3.53. The fraction of sp³-hybridized carbons (Fsp3) is 0.318. The molecule has 1 aliphatic heterocycles. The minimum Gasteiger partial charge on any atom is -0.309 e. The Morgan fingerprint density at radius 3 is 2.61 bits per heavy atom. The second kappa shape index (κ2) is 7.17. The molecule has 0 aliphatic carbocycles. The Kier molecular flexibility index (Phi) is 4.83. The van der Waals surface area contributed by atoms with Crippen molar-refractivity contribution in [3.05, 3.63) is 68.7 Å². The van der Waals surface area contributed by atoms with Gasteiger partial charge in [0.05, 0.1) is 16.8 Å². The molecular formula is C22H22BrN3O2. The predicted octanol–water partition coefficient (Wildman–Crippen LogP) is 4.26. The molecule has 2 heterocycles. The largest absolute Gasteiger partial charge is 0.309 e. The number of carbonyl (C=O) groups is 1. The van der Waals surface area contributed by atoms with E-state index >= 15 is 0 Å². The Bertz CT molecular complexity index is 1140. The molecule has 0 bridgehead atoms.